The molecule has 2 aromatic carbocycles. The van der Waals surface area contributed by atoms with Gasteiger partial charge in [-0.05, 0) is 48.5 Å². The summed E-state index contributed by atoms with van der Waals surface area (Å²) in [5.41, 5.74) is 3.38. The zero-order chi connectivity index (χ0) is 20.1. The van der Waals surface area contributed by atoms with Crippen LogP contribution in [0.25, 0.3) is 22.5 Å². The van der Waals surface area contributed by atoms with Gasteiger partial charge >= 0.3 is 0 Å². The summed E-state index contributed by atoms with van der Waals surface area (Å²) in [6, 6.07) is 18.9. The quantitative estimate of drug-likeness (QED) is 0.429. The van der Waals surface area contributed by atoms with Crippen molar-refractivity contribution in [1.82, 2.24) is 10.3 Å². The minimum absolute atomic E-state index is 0.279. The Bertz CT molecular complexity index is 966. The SMILES string of the molecule is COc1ccc(-c2cc(COCc3cc(-c4ccc(OC)cc4)no3)on2)cc1. The van der Waals surface area contributed by atoms with Gasteiger partial charge < -0.3 is 23.3 Å². The number of hydrogen-bond acceptors (Lipinski definition) is 7. The second kappa shape index (κ2) is 8.62. The first-order valence-electron chi connectivity index (χ1n) is 9.03. The minimum Gasteiger partial charge on any atom is -0.497 e. The molecule has 0 spiro atoms. The average Bonchev–Trinajstić information content (AvgIpc) is 3.44. The number of hydrogen-bond donors (Lipinski definition) is 0. The van der Waals surface area contributed by atoms with Crippen molar-refractivity contribution in [3.63, 3.8) is 0 Å². The number of ether oxygens (including phenoxy) is 3. The smallest absolute Gasteiger partial charge is 0.163 e. The maximum Gasteiger partial charge on any atom is 0.163 e. The molecule has 0 aliphatic carbocycles. The molecule has 0 saturated carbocycles. The predicted molar refractivity (Wildman–Crippen MR) is 105 cm³/mol. The summed E-state index contributed by atoms with van der Waals surface area (Å²) < 4.78 is 26.7. The van der Waals surface area contributed by atoms with E-state index in [1.807, 2.05) is 60.7 Å². The molecular weight excluding hydrogens is 372 g/mol. The van der Waals surface area contributed by atoms with Crippen LogP contribution in [0, 0.1) is 0 Å². The fourth-order valence-corrected chi connectivity index (χ4v) is 2.81. The second-order valence-electron chi connectivity index (χ2n) is 6.31. The number of methoxy groups -OCH3 is 2. The molecular formula is C22H20N2O5. The summed E-state index contributed by atoms with van der Waals surface area (Å²) in [5, 5.41) is 8.17. The number of rotatable bonds is 8. The van der Waals surface area contributed by atoms with Crippen molar-refractivity contribution >= 4 is 0 Å². The average molecular weight is 392 g/mol. The van der Waals surface area contributed by atoms with Crippen molar-refractivity contribution < 1.29 is 23.3 Å². The van der Waals surface area contributed by atoms with Gasteiger partial charge in [-0.3, -0.25) is 0 Å². The number of aromatic nitrogens is 2. The van der Waals surface area contributed by atoms with Gasteiger partial charge in [0.15, 0.2) is 11.5 Å². The van der Waals surface area contributed by atoms with Crippen LogP contribution in [0.5, 0.6) is 11.5 Å². The zero-order valence-electron chi connectivity index (χ0n) is 16.1. The Kier molecular flexibility index (Phi) is 5.58. The van der Waals surface area contributed by atoms with Crippen LogP contribution >= 0.6 is 0 Å². The maximum absolute atomic E-state index is 5.67. The molecule has 0 aliphatic rings. The Morgan fingerprint density at radius 2 is 1.07 bits per heavy atom. The summed E-state index contributed by atoms with van der Waals surface area (Å²) >= 11 is 0. The second-order valence-corrected chi connectivity index (χ2v) is 6.31. The molecule has 4 rings (SSSR count). The van der Waals surface area contributed by atoms with Crippen molar-refractivity contribution in [3.05, 3.63) is 72.2 Å². The highest BCUT2D eigenvalue weighted by Crippen LogP contribution is 2.24. The van der Waals surface area contributed by atoms with E-state index in [1.54, 1.807) is 14.2 Å². The van der Waals surface area contributed by atoms with Crippen LogP contribution in [0.1, 0.15) is 11.5 Å². The van der Waals surface area contributed by atoms with Crippen LogP contribution in [0.2, 0.25) is 0 Å². The van der Waals surface area contributed by atoms with E-state index in [2.05, 4.69) is 10.3 Å². The van der Waals surface area contributed by atoms with Gasteiger partial charge in [-0.25, -0.2) is 0 Å². The summed E-state index contributed by atoms with van der Waals surface area (Å²) in [4.78, 5) is 0. The first-order valence-corrected chi connectivity index (χ1v) is 9.03. The van der Waals surface area contributed by atoms with Gasteiger partial charge in [0.2, 0.25) is 0 Å². The molecule has 29 heavy (non-hydrogen) atoms. The third-order valence-electron chi connectivity index (χ3n) is 4.38. The molecule has 2 heterocycles. The Morgan fingerprint density at radius 3 is 1.45 bits per heavy atom. The first-order chi connectivity index (χ1) is 14.2. The van der Waals surface area contributed by atoms with E-state index in [1.165, 1.54) is 0 Å². The van der Waals surface area contributed by atoms with Crippen molar-refractivity contribution in [2.75, 3.05) is 14.2 Å². The lowest BCUT2D eigenvalue weighted by Gasteiger charge is -1.99. The van der Waals surface area contributed by atoms with Gasteiger partial charge in [0.1, 0.15) is 36.1 Å². The molecule has 0 radical (unpaired) electrons. The van der Waals surface area contributed by atoms with Gasteiger partial charge in [-0.1, -0.05) is 10.3 Å². The van der Waals surface area contributed by atoms with E-state index in [-0.39, 0.29) is 13.2 Å². The standard InChI is InChI=1S/C22H20N2O5/c1-25-17-7-3-15(4-8-17)21-11-19(28-23-21)13-27-14-20-12-22(24-29-20)16-5-9-18(26-2)10-6-16/h3-12H,13-14H2,1-2H3. The van der Waals surface area contributed by atoms with Crippen LogP contribution < -0.4 is 9.47 Å². The molecule has 0 atom stereocenters. The predicted octanol–water partition coefficient (Wildman–Crippen LogP) is 4.73. The zero-order valence-corrected chi connectivity index (χ0v) is 16.1. The molecule has 0 saturated heterocycles. The van der Waals surface area contributed by atoms with Crippen molar-refractivity contribution in [1.29, 1.82) is 0 Å². The summed E-state index contributed by atoms with van der Waals surface area (Å²) in [6.07, 6.45) is 0. The van der Waals surface area contributed by atoms with E-state index >= 15 is 0 Å². The molecule has 7 heteroatoms. The summed E-state index contributed by atoms with van der Waals surface area (Å²) in [6.45, 7) is 0.559. The van der Waals surface area contributed by atoms with Crippen LogP contribution in [-0.4, -0.2) is 24.5 Å². The Labute approximate surface area is 167 Å². The van der Waals surface area contributed by atoms with E-state index in [9.17, 15) is 0 Å². The Morgan fingerprint density at radius 1 is 0.655 bits per heavy atom. The molecule has 4 aromatic rings. The van der Waals surface area contributed by atoms with Crippen molar-refractivity contribution in [2.45, 2.75) is 13.2 Å². The highest BCUT2D eigenvalue weighted by Gasteiger charge is 2.10. The molecule has 148 valence electrons. The van der Waals surface area contributed by atoms with Crippen LogP contribution in [0.15, 0.2) is 69.7 Å². The van der Waals surface area contributed by atoms with E-state index in [4.69, 9.17) is 23.3 Å². The topological polar surface area (TPSA) is 79.8 Å². The summed E-state index contributed by atoms with van der Waals surface area (Å²) in [5.74, 6) is 2.85. The molecule has 0 aliphatic heterocycles. The number of nitrogens with zero attached hydrogens (tertiary/aromatic N) is 2. The van der Waals surface area contributed by atoms with Crippen LogP contribution in [0.3, 0.4) is 0 Å². The Hall–Kier alpha value is -3.58. The molecule has 0 unspecified atom stereocenters. The van der Waals surface area contributed by atoms with E-state index in [0.717, 1.165) is 34.0 Å². The minimum atomic E-state index is 0.279. The van der Waals surface area contributed by atoms with Gasteiger partial charge in [0, 0.05) is 23.3 Å². The van der Waals surface area contributed by atoms with Gasteiger partial charge in [-0.15, -0.1) is 0 Å². The van der Waals surface area contributed by atoms with Crippen LogP contribution in [-0.2, 0) is 18.0 Å². The van der Waals surface area contributed by atoms with Crippen molar-refractivity contribution in [2.24, 2.45) is 0 Å². The maximum atomic E-state index is 5.67. The molecule has 0 N–H and O–H groups in total. The lowest BCUT2D eigenvalue weighted by atomic mass is 10.1. The molecule has 0 amide bonds. The molecule has 7 nitrogen and oxygen atoms in total. The highest BCUT2D eigenvalue weighted by molar-refractivity contribution is 5.60. The molecule has 0 fully saturated rings. The molecule has 2 aromatic heterocycles. The first kappa shape index (κ1) is 18.8. The van der Waals surface area contributed by atoms with Gasteiger partial charge in [-0.2, -0.15) is 0 Å². The largest absolute Gasteiger partial charge is 0.497 e. The van der Waals surface area contributed by atoms with Gasteiger partial charge in [0.05, 0.1) is 14.2 Å². The Balaban J connectivity index is 1.32. The summed E-state index contributed by atoms with van der Waals surface area (Å²) in [7, 11) is 3.27. The highest BCUT2D eigenvalue weighted by atomic mass is 16.5. The fraction of sp³-hybridized carbons (Fsp3) is 0.182. The van der Waals surface area contributed by atoms with Gasteiger partial charge in [0.25, 0.3) is 0 Å². The lowest BCUT2D eigenvalue weighted by Crippen LogP contribution is -1.91. The van der Waals surface area contributed by atoms with E-state index in [0.29, 0.717) is 11.5 Å². The third-order valence-corrected chi connectivity index (χ3v) is 4.38. The van der Waals surface area contributed by atoms with Crippen molar-refractivity contribution in [3.8, 4) is 34.0 Å². The van der Waals surface area contributed by atoms with E-state index < -0.39 is 0 Å². The monoisotopic (exact) mass is 392 g/mol. The lowest BCUT2D eigenvalue weighted by molar-refractivity contribution is 0.0727. The fourth-order valence-electron chi connectivity index (χ4n) is 2.81. The normalized spacial score (nSPS) is 10.8. The number of benzene rings is 2. The third kappa shape index (κ3) is 4.47. The van der Waals surface area contributed by atoms with Crippen LogP contribution in [0.4, 0.5) is 0 Å². The molecule has 0 bridgehead atoms.